The van der Waals surface area contributed by atoms with Gasteiger partial charge in [0.15, 0.2) is 0 Å². The second kappa shape index (κ2) is 6.46. The first-order valence-corrected chi connectivity index (χ1v) is 6.90. The van der Waals surface area contributed by atoms with Crippen LogP contribution in [0.25, 0.3) is 0 Å². The number of carboxylic acids is 1. The third-order valence-electron chi connectivity index (χ3n) is 3.73. The van der Waals surface area contributed by atoms with Gasteiger partial charge in [-0.3, -0.25) is 4.79 Å². The predicted octanol–water partition coefficient (Wildman–Crippen LogP) is 0.988. The molecule has 1 aliphatic carbocycles. The van der Waals surface area contributed by atoms with E-state index in [4.69, 9.17) is 9.84 Å². The molecule has 1 saturated carbocycles. The van der Waals surface area contributed by atoms with Crippen LogP contribution >= 0.6 is 0 Å². The molecule has 0 bridgehead atoms. The number of carbonyl (C=O) groups is 3. The second-order valence-electron chi connectivity index (χ2n) is 5.20. The van der Waals surface area contributed by atoms with Gasteiger partial charge in [-0.2, -0.15) is 0 Å². The maximum absolute atomic E-state index is 11.9. The van der Waals surface area contributed by atoms with E-state index in [-0.39, 0.29) is 13.2 Å². The van der Waals surface area contributed by atoms with Gasteiger partial charge in [0.2, 0.25) is 5.91 Å². The zero-order valence-corrected chi connectivity index (χ0v) is 12.2. The van der Waals surface area contributed by atoms with Crippen LogP contribution < -0.4 is 5.32 Å². The minimum atomic E-state index is -1.10. The fraction of sp³-hybridized carbons (Fsp3) is 0.400. The van der Waals surface area contributed by atoms with Crippen LogP contribution in [-0.2, 0) is 20.9 Å². The van der Waals surface area contributed by atoms with E-state index < -0.39 is 23.5 Å². The van der Waals surface area contributed by atoms with Gasteiger partial charge in [0.05, 0.1) is 0 Å². The van der Waals surface area contributed by atoms with Gasteiger partial charge in [-0.05, 0) is 18.4 Å². The van der Waals surface area contributed by atoms with Crippen molar-refractivity contribution in [3.8, 4) is 0 Å². The Labute approximate surface area is 127 Å². The summed E-state index contributed by atoms with van der Waals surface area (Å²) in [5.41, 5.74) is -0.268. The van der Waals surface area contributed by atoms with E-state index in [2.05, 4.69) is 5.32 Å². The number of nitrogens with zero attached hydrogens (tertiary/aromatic N) is 1. The number of ether oxygens (including phenoxy) is 1. The number of amides is 2. The van der Waals surface area contributed by atoms with Gasteiger partial charge in [-0.1, -0.05) is 30.3 Å². The molecule has 0 atom stereocenters. The fourth-order valence-electron chi connectivity index (χ4n) is 2.09. The van der Waals surface area contributed by atoms with E-state index in [9.17, 15) is 14.4 Å². The molecule has 2 amide bonds. The molecule has 1 aliphatic rings. The summed E-state index contributed by atoms with van der Waals surface area (Å²) in [6.45, 7) is -0.186. The Morgan fingerprint density at radius 1 is 1.27 bits per heavy atom. The first-order chi connectivity index (χ1) is 10.5. The Kier molecular flexibility index (Phi) is 4.65. The molecule has 0 saturated heterocycles. The molecule has 118 valence electrons. The first kappa shape index (κ1) is 15.8. The van der Waals surface area contributed by atoms with E-state index >= 15 is 0 Å². The van der Waals surface area contributed by atoms with Crippen LogP contribution in [0.2, 0.25) is 0 Å². The number of carbonyl (C=O) groups excluding carboxylic acids is 2. The number of hydrogen-bond donors (Lipinski definition) is 2. The van der Waals surface area contributed by atoms with Crippen molar-refractivity contribution in [1.29, 1.82) is 0 Å². The highest BCUT2D eigenvalue weighted by atomic mass is 16.5. The number of likely N-dealkylation sites (N-methyl/N-ethyl adjacent to an activating group) is 1. The molecule has 2 N–H and O–H groups in total. The average Bonchev–Trinajstić information content (AvgIpc) is 3.32. The highest BCUT2D eigenvalue weighted by Gasteiger charge is 2.55. The lowest BCUT2D eigenvalue weighted by Crippen LogP contribution is -2.48. The number of carboxylic acid groups (broad SMARTS) is 1. The Morgan fingerprint density at radius 3 is 2.45 bits per heavy atom. The summed E-state index contributed by atoms with van der Waals surface area (Å²) in [5.74, 6) is -1.48. The SMILES string of the molecule is CN(C(=O)CNC(=O)OCc1ccccc1)C1(C(=O)O)CC1. The van der Waals surface area contributed by atoms with Crippen LogP contribution in [0.5, 0.6) is 0 Å². The Bertz CT molecular complexity index is 569. The molecule has 0 aliphatic heterocycles. The normalized spacial score (nSPS) is 14.8. The molecule has 1 aromatic rings. The maximum atomic E-state index is 11.9. The van der Waals surface area contributed by atoms with Crippen molar-refractivity contribution in [2.24, 2.45) is 0 Å². The van der Waals surface area contributed by atoms with Crippen molar-refractivity contribution < 1.29 is 24.2 Å². The van der Waals surface area contributed by atoms with Crippen molar-refractivity contribution >= 4 is 18.0 Å². The van der Waals surface area contributed by atoms with Gasteiger partial charge in [0.25, 0.3) is 0 Å². The molecule has 7 heteroatoms. The molecule has 22 heavy (non-hydrogen) atoms. The molecule has 0 spiro atoms. The Balaban J connectivity index is 1.74. The summed E-state index contributed by atoms with van der Waals surface area (Å²) < 4.78 is 4.97. The van der Waals surface area contributed by atoms with Crippen LogP contribution in [0, 0.1) is 0 Å². The molecule has 0 unspecified atom stereocenters. The third kappa shape index (κ3) is 3.55. The van der Waals surface area contributed by atoms with Crippen LogP contribution in [0.3, 0.4) is 0 Å². The fourth-order valence-corrected chi connectivity index (χ4v) is 2.09. The molecule has 1 fully saturated rings. The third-order valence-corrected chi connectivity index (χ3v) is 3.73. The minimum absolute atomic E-state index is 0.107. The Morgan fingerprint density at radius 2 is 1.91 bits per heavy atom. The van der Waals surface area contributed by atoms with E-state index in [0.29, 0.717) is 12.8 Å². The van der Waals surface area contributed by atoms with Crippen LogP contribution in [-0.4, -0.2) is 47.1 Å². The smallest absolute Gasteiger partial charge is 0.407 e. The van der Waals surface area contributed by atoms with E-state index in [1.807, 2.05) is 30.3 Å². The molecule has 0 aromatic heterocycles. The van der Waals surface area contributed by atoms with Crippen molar-refractivity contribution in [2.45, 2.75) is 25.0 Å². The predicted molar refractivity (Wildman–Crippen MR) is 77.0 cm³/mol. The lowest BCUT2D eigenvalue weighted by Gasteiger charge is -2.24. The van der Waals surface area contributed by atoms with Crippen LogP contribution in [0.4, 0.5) is 4.79 Å². The summed E-state index contributed by atoms with van der Waals surface area (Å²) in [7, 11) is 1.43. The summed E-state index contributed by atoms with van der Waals surface area (Å²) in [6, 6.07) is 9.15. The average molecular weight is 306 g/mol. The summed E-state index contributed by atoms with van der Waals surface area (Å²) in [5, 5.41) is 11.4. The van der Waals surface area contributed by atoms with Crippen LogP contribution in [0.1, 0.15) is 18.4 Å². The van der Waals surface area contributed by atoms with Crippen molar-refractivity contribution in [3.63, 3.8) is 0 Å². The molecule has 1 aromatic carbocycles. The van der Waals surface area contributed by atoms with Gasteiger partial charge in [-0.25, -0.2) is 9.59 Å². The van der Waals surface area contributed by atoms with Crippen molar-refractivity contribution in [2.75, 3.05) is 13.6 Å². The number of rotatable bonds is 6. The van der Waals surface area contributed by atoms with E-state index in [1.54, 1.807) is 0 Å². The highest BCUT2D eigenvalue weighted by molar-refractivity contribution is 5.91. The number of nitrogens with one attached hydrogen (secondary N) is 1. The first-order valence-electron chi connectivity index (χ1n) is 6.90. The second-order valence-corrected chi connectivity index (χ2v) is 5.20. The number of hydrogen-bond acceptors (Lipinski definition) is 4. The molecule has 7 nitrogen and oxygen atoms in total. The monoisotopic (exact) mass is 306 g/mol. The van der Waals surface area contributed by atoms with Gasteiger partial charge in [0, 0.05) is 7.05 Å². The number of aliphatic carboxylic acids is 1. The topological polar surface area (TPSA) is 95.9 Å². The van der Waals surface area contributed by atoms with Gasteiger partial charge in [0.1, 0.15) is 18.7 Å². The number of alkyl carbamates (subject to hydrolysis) is 1. The lowest BCUT2D eigenvalue weighted by atomic mass is 10.2. The quantitative estimate of drug-likeness (QED) is 0.817. The van der Waals surface area contributed by atoms with Crippen molar-refractivity contribution in [1.82, 2.24) is 10.2 Å². The van der Waals surface area contributed by atoms with Gasteiger partial charge in [-0.15, -0.1) is 0 Å². The molecule has 2 rings (SSSR count). The molecule has 0 radical (unpaired) electrons. The van der Waals surface area contributed by atoms with Gasteiger partial charge >= 0.3 is 12.1 Å². The minimum Gasteiger partial charge on any atom is -0.479 e. The zero-order valence-electron chi connectivity index (χ0n) is 12.2. The zero-order chi connectivity index (χ0) is 16.2. The molecular formula is C15H18N2O5. The van der Waals surface area contributed by atoms with Crippen molar-refractivity contribution in [3.05, 3.63) is 35.9 Å². The maximum Gasteiger partial charge on any atom is 0.407 e. The molecular weight excluding hydrogens is 288 g/mol. The Hall–Kier alpha value is -2.57. The standard InChI is InChI=1S/C15H18N2O5/c1-17(15(7-8-15)13(19)20)12(18)9-16-14(21)22-10-11-5-3-2-4-6-11/h2-6H,7-10H2,1H3,(H,16,21)(H,19,20). The highest BCUT2D eigenvalue weighted by Crippen LogP contribution is 2.41. The summed E-state index contributed by atoms with van der Waals surface area (Å²) in [4.78, 5) is 35.7. The number of benzene rings is 1. The van der Waals surface area contributed by atoms with E-state index in [0.717, 1.165) is 5.56 Å². The summed E-state index contributed by atoms with van der Waals surface area (Å²) in [6.07, 6.45) is 0.150. The van der Waals surface area contributed by atoms with Crippen LogP contribution in [0.15, 0.2) is 30.3 Å². The summed E-state index contributed by atoms with van der Waals surface area (Å²) >= 11 is 0. The largest absolute Gasteiger partial charge is 0.479 e. The van der Waals surface area contributed by atoms with Gasteiger partial charge < -0.3 is 20.1 Å². The van der Waals surface area contributed by atoms with E-state index in [1.165, 1.54) is 11.9 Å². The lowest BCUT2D eigenvalue weighted by molar-refractivity contribution is -0.150. The molecule has 0 heterocycles.